The van der Waals surface area contributed by atoms with E-state index in [0.29, 0.717) is 12.2 Å². The number of carbonyl (C=O) groups is 1. The van der Waals surface area contributed by atoms with Crippen LogP contribution in [-0.4, -0.2) is 28.0 Å². The first kappa shape index (κ1) is 15.0. The van der Waals surface area contributed by atoms with Crippen LogP contribution in [0.3, 0.4) is 0 Å². The summed E-state index contributed by atoms with van der Waals surface area (Å²) >= 11 is 0. The number of aromatic nitrogens is 3. The highest BCUT2D eigenvalue weighted by molar-refractivity contribution is 5.75. The fourth-order valence-corrected chi connectivity index (χ4v) is 1.79. The van der Waals surface area contributed by atoms with Crippen molar-refractivity contribution in [3.05, 3.63) is 41.7 Å². The summed E-state index contributed by atoms with van der Waals surface area (Å²) in [5.74, 6) is 0.624. The van der Waals surface area contributed by atoms with E-state index in [1.165, 1.54) is 4.68 Å². The highest BCUT2D eigenvalue weighted by Gasteiger charge is 2.08. The van der Waals surface area contributed by atoms with Crippen molar-refractivity contribution < 1.29 is 9.53 Å². The molecule has 1 amide bonds. The molecule has 7 nitrogen and oxygen atoms in total. The standard InChI is InChI=1S/C14H19N5O2/c1-10(15)13-8-19(18-17-13)9-14(20)16-7-11-4-3-5-12(6-11)21-2/h3-6,8,10H,7,9,15H2,1-2H3,(H,16,20). The van der Waals surface area contributed by atoms with Gasteiger partial charge < -0.3 is 15.8 Å². The Labute approximate surface area is 123 Å². The molecule has 21 heavy (non-hydrogen) atoms. The van der Waals surface area contributed by atoms with Crippen molar-refractivity contribution in [3.63, 3.8) is 0 Å². The lowest BCUT2D eigenvalue weighted by Gasteiger charge is -2.06. The molecule has 0 saturated carbocycles. The van der Waals surface area contributed by atoms with Gasteiger partial charge in [-0.2, -0.15) is 0 Å². The van der Waals surface area contributed by atoms with Gasteiger partial charge in [-0.25, -0.2) is 4.68 Å². The molecule has 0 saturated heterocycles. The van der Waals surface area contributed by atoms with Crippen molar-refractivity contribution in [1.29, 1.82) is 0 Å². The normalized spacial score (nSPS) is 12.0. The van der Waals surface area contributed by atoms with Gasteiger partial charge in [-0.05, 0) is 24.6 Å². The molecule has 0 radical (unpaired) electrons. The Morgan fingerprint density at radius 3 is 3.00 bits per heavy atom. The van der Waals surface area contributed by atoms with Crippen LogP contribution in [-0.2, 0) is 17.9 Å². The number of nitrogens with one attached hydrogen (secondary N) is 1. The van der Waals surface area contributed by atoms with Gasteiger partial charge in [0.05, 0.1) is 19.0 Å². The third-order valence-corrected chi connectivity index (χ3v) is 2.95. The van der Waals surface area contributed by atoms with E-state index in [2.05, 4.69) is 15.6 Å². The van der Waals surface area contributed by atoms with Gasteiger partial charge in [0.25, 0.3) is 0 Å². The molecule has 112 valence electrons. The number of methoxy groups -OCH3 is 1. The maximum Gasteiger partial charge on any atom is 0.242 e. The molecule has 7 heteroatoms. The van der Waals surface area contributed by atoms with E-state index in [0.717, 1.165) is 11.3 Å². The van der Waals surface area contributed by atoms with Crippen LogP contribution in [0, 0.1) is 0 Å². The Morgan fingerprint density at radius 2 is 2.33 bits per heavy atom. The average Bonchev–Trinajstić information content (AvgIpc) is 2.94. The molecular weight excluding hydrogens is 270 g/mol. The molecule has 1 aromatic carbocycles. The van der Waals surface area contributed by atoms with Gasteiger partial charge in [-0.1, -0.05) is 17.3 Å². The zero-order chi connectivity index (χ0) is 15.2. The van der Waals surface area contributed by atoms with Crippen molar-refractivity contribution >= 4 is 5.91 Å². The minimum atomic E-state index is -0.196. The van der Waals surface area contributed by atoms with Gasteiger partial charge in [0.15, 0.2) is 0 Å². The van der Waals surface area contributed by atoms with E-state index < -0.39 is 0 Å². The highest BCUT2D eigenvalue weighted by Crippen LogP contribution is 2.12. The summed E-state index contributed by atoms with van der Waals surface area (Å²) in [6.45, 7) is 2.37. The summed E-state index contributed by atoms with van der Waals surface area (Å²) in [6.07, 6.45) is 1.68. The molecule has 2 aromatic rings. The smallest absolute Gasteiger partial charge is 0.242 e. The first-order valence-corrected chi connectivity index (χ1v) is 6.63. The minimum Gasteiger partial charge on any atom is -0.497 e. The van der Waals surface area contributed by atoms with Crippen molar-refractivity contribution in [2.45, 2.75) is 26.1 Å². The molecule has 1 heterocycles. The van der Waals surface area contributed by atoms with Gasteiger partial charge in [-0.3, -0.25) is 4.79 Å². The zero-order valence-electron chi connectivity index (χ0n) is 12.1. The summed E-state index contributed by atoms with van der Waals surface area (Å²) in [5.41, 5.74) is 7.32. The molecule has 1 unspecified atom stereocenters. The molecule has 0 aliphatic heterocycles. The monoisotopic (exact) mass is 289 g/mol. The quantitative estimate of drug-likeness (QED) is 0.813. The number of carbonyl (C=O) groups excluding carboxylic acids is 1. The summed E-state index contributed by atoms with van der Waals surface area (Å²) in [7, 11) is 1.61. The van der Waals surface area contributed by atoms with Crippen LogP contribution in [0.2, 0.25) is 0 Å². The molecule has 1 atom stereocenters. The minimum absolute atomic E-state index is 0.115. The Bertz CT molecular complexity index is 609. The predicted octanol–water partition coefficient (Wildman–Crippen LogP) is 0.623. The molecule has 2 rings (SSSR count). The Hall–Kier alpha value is -2.41. The number of nitrogens with zero attached hydrogens (tertiary/aromatic N) is 3. The maximum atomic E-state index is 11.9. The number of nitrogens with two attached hydrogens (primary N) is 1. The lowest BCUT2D eigenvalue weighted by Crippen LogP contribution is -2.27. The summed E-state index contributed by atoms with van der Waals surface area (Å²) in [4.78, 5) is 11.9. The third kappa shape index (κ3) is 4.28. The maximum absolute atomic E-state index is 11.9. The van der Waals surface area contributed by atoms with Crippen LogP contribution in [0.25, 0.3) is 0 Å². The number of hydrogen-bond donors (Lipinski definition) is 2. The van der Waals surface area contributed by atoms with Crippen molar-refractivity contribution in [2.75, 3.05) is 7.11 Å². The topological polar surface area (TPSA) is 95.1 Å². The average molecular weight is 289 g/mol. The van der Waals surface area contributed by atoms with E-state index in [1.54, 1.807) is 13.3 Å². The lowest BCUT2D eigenvalue weighted by atomic mass is 10.2. The van der Waals surface area contributed by atoms with Crippen molar-refractivity contribution in [1.82, 2.24) is 20.3 Å². The van der Waals surface area contributed by atoms with Gasteiger partial charge in [0, 0.05) is 12.6 Å². The molecule has 0 fully saturated rings. The first-order valence-electron chi connectivity index (χ1n) is 6.63. The first-order chi connectivity index (χ1) is 10.1. The Kier molecular flexibility index (Phi) is 4.89. The number of amides is 1. The Morgan fingerprint density at radius 1 is 1.52 bits per heavy atom. The van der Waals surface area contributed by atoms with Crippen LogP contribution in [0.1, 0.15) is 24.2 Å². The van der Waals surface area contributed by atoms with Gasteiger partial charge >= 0.3 is 0 Å². The van der Waals surface area contributed by atoms with Crippen LogP contribution in [0.5, 0.6) is 5.75 Å². The molecule has 0 spiro atoms. The van der Waals surface area contributed by atoms with E-state index >= 15 is 0 Å². The largest absolute Gasteiger partial charge is 0.497 e. The molecule has 3 N–H and O–H groups in total. The highest BCUT2D eigenvalue weighted by atomic mass is 16.5. The van der Waals surface area contributed by atoms with E-state index in [-0.39, 0.29) is 18.5 Å². The fraction of sp³-hybridized carbons (Fsp3) is 0.357. The van der Waals surface area contributed by atoms with Crippen LogP contribution >= 0.6 is 0 Å². The van der Waals surface area contributed by atoms with Crippen molar-refractivity contribution in [2.24, 2.45) is 5.73 Å². The Balaban J connectivity index is 1.86. The predicted molar refractivity (Wildman–Crippen MR) is 77.5 cm³/mol. The second-order valence-electron chi connectivity index (χ2n) is 4.76. The molecular formula is C14H19N5O2. The van der Waals surface area contributed by atoms with E-state index in [9.17, 15) is 4.79 Å². The number of hydrogen-bond acceptors (Lipinski definition) is 5. The van der Waals surface area contributed by atoms with Gasteiger partial charge in [0.2, 0.25) is 5.91 Å². The van der Waals surface area contributed by atoms with Gasteiger partial charge in [-0.15, -0.1) is 5.10 Å². The second-order valence-corrected chi connectivity index (χ2v) is 4.76. The molecule has 0 aliphatic carbocycles. The third-order valence-electron chi connectivity index (χ3n) is 2.95. The summed E-state index contributed by atoms with van der Waals surface area (Å²) in [6, 6.07) is 7.35. The zero-order valence-corrected chi connectivity index (χ0v) is 12.1. The van der Waals surface area contributed by atoms with Gasteiger partial charge in [0.1, 0.15) is 12.3 Å². The lowest BCUT2D eigenvalue weighted by molar-refractivity contribution is -0.122. The van der Waals surface area contributed by atoms with Crippen LogP contribution < -0.4 is 15.8 Å². The van der Waals surface area contributed by atoms with Crippen LogP contribution in [0.15, 0.2) is 30.5 Å². The fourth-order valence-electron chi connectivity index (χ4n) is 1.79. The molecule has 0 bridgehead atoms. The number of rotatable bonds is 6. The second kappa shape index (κ2) is 6.85. The summed E-state index contributed by atoms with van der Waals surface area (Å²) in [5, 5.41) is 10.6. The van der Waals surface area contributed by atoms with E-state index in [4.69, 9.17) is 10.5 Å². The number of benzene rings is 1. The van der Waals surface area contributed by atoms with E-state index in [1.807, 2.05) is 31.2 Å². The number of ether oxygens (including phenoxy) is 1. The van der Waals surface area contributed by atoms with Crippen molar-refractivity contribution in [3.8, 4) is 5.75 Å². The summed E-state index contributed by atoms with van der Waals surface area (Å²) < 4.78 is 6.61. The SMILES string of the molecule is COc1cccc(CNC(=O)Cn2cc(C(C)N)nn2)c1. The molecule has 0 aliphatic rings. The van der Waals surface area contributed by atoms with Crippen LogP contribution in [0.4, 0.5) is 0 Å². The molecule has 1 aromatic heterocycles.